The lowest BCUT2D eigenvalue weighted by Crippen LogP contribution is -2.51. The van der Waals surface area contributed by atoms with Crippen LogP contribution in [0.25, 0.3) is 11.1 Å². The van der Waals surface area contributed by atoms with E-state index in [0.717, 1.165) is 22.3 Å². The molecule has 1 atom stereocenters. The minimum atomic E-state index is -0.798. The molecule has 0 unspecified atom stereocenters. The molecule has 0 spiro atoms. The second kappa shape index (κ2) is 10.8. The highest BCUT2D eigenvalue weighted by atomic mass is 16.6. The summed E-state index contributed by atoms with van der Waals surface area (Å²) in [5.41, 5.74) is 4.52. The van der Waals surface area contributed by atoms with Gasteiger partial charge in [0.2, 0.25) is 5.91 Å². The van der Waals surface area contributed by atoms with Crippen LogP contribution in [0, 0.1) is 5.92 Å². The monoisotopic (exact) mass is 450 g/mol. The smallest absolute Gasteiger partial charge is 0.410 e. The third-order valence-electron chi connectivity index (χ3n) is 5.71. The molecular weight excluding hydrogens is 420 g/mol. The molecule has 0 radical (unpaired) electrons. The Morgan fingerprint density at radius 3 is 2.15 bits per heavy atom. The molecule has 7 nitrogen and oxygen atoms in total. The summed E-state index contributed by atoms with van der Waals surface area (Å²) in [7, 11) is 1.53. The Hall–Kier alpha value is -3.61. The van der Waals surface area contributed by atoms with Gasteiger partial charge in [0.25, 0.3) is 0 Å². The van der Waals surface area contributed by atoms with Gasteiger partial charge in [-0.2, -0.15) is 0 Å². The van der Waals surface area contributed by atoms with Crippen LogP contribution in [0.2, 0.25) is 0 Å². The molecule has 0 aromatic heterocycles. The molecule has 2 aromatic carbocycles. The number of benzene rings is 2. The fourth-order valence-electron chi connectivity index (χ4n) is 4.20. The lowest BCUT2D eigenvalue weighted by Gasteiger charge is -2.29. The number of carbonyl (C=O) groups excluding carboxylic acids is 3. The third-order valence-corrected chi connectivity index (χ3v) is 5.71. The van der Waals surface area contributed by atoms with E-state index in [0.29, 0.717) is 0 Å². The van der Waals surface area contributed by atoms with Crippen molar-refractivity contribution in [2.24, 2.45) is 5.92 Å². The summed E-state index contributed by atoms with van der Waals surface area (Å²) >= 11 is 0. The molecule has 174 valence electrons. The van der Waals surface area contributed by atoms with Crippen LogP contribution in [-0.2, 0) is 19.1 Å². The number of rotatable bonds is 9. The molecule has 0 aliphatic heterocycles. The average molecular weight is 451 g/mol. The van der Waals surface area contributed by atoms with Gasteiger partial charge in [0.15, 0.2) is 0 Å². The van der Waals surface area contributed by atoms with Crippen LogP contribution in [0.1, 0.15) is 30.9 Å². The summed E-state index contributed by atoms with van der Waals surface area (Å²) in [6.07, 6.45) is 0.849. The Balaban J connectivity index is 1.64. The lowest BCUT2D eigenvalue weighted by molar-refractivity contribution is -0.143. The van der Waals surface area contributed by atoms with E-state index in [1.54, 1.807) is 0 Å². The number of hydrogen-bond acceptors (Lipinski definition) is 5. The molecular formula is C26H30N2O5. The molecule has 33 heavy (non-hydrogen) atoms. The van der Waals surface area contributed by atoms with Gasteiger partial charge in [0.1, 0.15) is 25.8 Å². The maximum Gasteiger partial charge on any atom is 0.410 e. The first-order valence-corrected chi connectivity index (χ1v) is 11.0. The standard InChI is InChI=1S/C26H30N2O5/c1-5-14-32-23(29)15-27-25(30)24(17(2)3)28(4)26(31)33-16-22-20-12-8-6-10-18(20)19-11-7-9-13-21(19)22/h5-13,17,22,24H,1,14-16H2,2-4H3,(H,27,30)/t24-/m0/s1. The summed E-state index contributed by atoms with van der Waals surface area (Å²) in [5, 5.41) is 2.53. The van der Waals surface area contributed by atoms with Crippen molar-refractivity contribution >= 4 is 18.0 Å². The number of fused-ring (bicyclic) bond motifs is 3. The first-order chi connectivity index (χ1) is 15.8. The number of likely N-dealkylation sites (N-methyl/N-ethyl adjacent to an activating group) is 1. The van der Waals surface area contributed by atoms with Crippen molar-refractivity contribution < 1.29 is 23.9 Å². The maximum absolute atomic E-state index is 12.9. The summed E-state index contributed by atoms with van der Waals surface area (Å²) in [6, 6.07) is 15.4. The zero-order chi connectivity index (χ0) is 24.0. The van der Waals surface area contributed by atoms with Gasteiger partial charge in [0, 0.05) is 13.0 Å². The molecule has 7 heteroatoms. The predicted octanol–water partition coefficient (Wildman–Crippen LogP) is 3.74. The quantitative estimate of drug-likeness (QED) is 0.465. The Bertz CT molecular complexity index is 987. The van der Waals surface area contributed by atoms with E-state index < -0.39 is 24.0 Å². The second-order valence-corrected chi connectivity index (χ2v) is 8.29. The van der Waals surface area contributed by atoms with Gasteiger partial charge in [-0.15, -0.1) is 0 Å². The van der Waals surface area contributed by atoms with Crippen LogP contribution >= 0.6 is 0 Å². The number of hydrogen-bond donors (Lipinski definition) is 1. The molecule has 1 aliphatic carbocycles. The largest absolute Gasteiger partial charge is 0.460 e. The minimum Gasteiger partial charge on any atom is -0.460 e. The number of ether oxygens (including phenoxy) is 2. The minimum absolute atomic E-state index is 0.0688. The predicted molar refractivity (Wildman–Crippen MR) is 126 cm³/mol. The second-order valence-electron chi connectivity index (χ2n) is 8.29. The number of amides is 2. The Morgan fingerprint density at radius 2 is 1.61 bits per heavy atom. The van der Waals surface area contributed by atoms with Gasteiger partial charge in [-0.25, -0.2) is 4.79 Å². The molecule has 2 amide bonds. The van der Waals surface area contributed by atoms with Crippen molar-refractivity contribution in [2.75, 3.05) is 26.8 Å². The Labute approximate surface area is 194 Å². The molecule has 2 aromatic rings. The van der Waals surface area contributed by atoms with Gasteiger partial charge >= 0.3 is 12.1 Å². The molecule has 0 fully saturated rings. The first-order valence-electron chi connectivity index (χ1n) is 11.0. The number of nitrogens with one attached hydrogen (secondary N) is 1. The zero-order valence-electron chi connectivity index (χ0n) is 19.2. The maximum atomic E-state index is 12.9. The Kier molecular flexibility index (Phi) is 7.87. The lowest BCUT2D eigenvalue weighted by atomic mass is 9.98. The molecule has 0 saturated heterocycles. The van der Waals surface area contributed by atoms with Crippen molar-refractivity contribution in [2.45, 2.75) is 25.8 Å². The topological polar surface area (TPSA) is 84.9 Å². The molecule has 1 aliphatic rings. The van der Waals surface area contributed by atoms with Crippen molar-refractivity contribution in [1.29, 1.82) is 0 Å². The van der Waals surface area contributed by atoms with E-state index in [4.69, 9.17) is 9.47 Å². The molecule has 3 rings (SSSR count). The number of carbonyl (C=O) groups is 3. The summed E-state index contributed by atoms with van der Waals surface area (Å²) in [4.78, 5) is 38.5. The van der Waals surface area contributed by atoms with E-state index >= 15 is 0 Å². The summed E-state index contributed by atoms with van der Waals surface area (Å²) in [5.74, 6) is -1.29. The Morgan fingerprint density at radius 1 is 1.03 bits per heavy atom. The fraction of sp³-hybridized carbons (Fsp3) is 0.346. The van der Waals surface area contributed by atoms with E-state index in [2.05, 4.69) is 24.0 Å². The summed E-state index contributed by atoms with van der Waals surface area (Å²) in [6.45, 7) is 7.08. The van der Waals surface area contributed by atoms with Gasteiger partial charge in [-0.1, -0.05) is 75.0 Å². The van der Waals surface area contributed by atoms with E-state index in [1.165, 1.54) is 18.0 Å². The van der Waals surface area contributed by atoms with Gasteiger partial charge in [0.05, 0.1) is 0 Å². The van der Waals surface area contributed by atoms with Crippen molar-refractivity contribution in [3.05, 3.63) is 72.3 Å². The van der Waals surface area contributed by atoms with Crippen LogP contribution in [0.15, 0.2) is 61.2 Å². The van der Waals surface area contributed by atoms with Gasteiger partial charge < -0.3 is 14.8 Å². The molecule has 0 saturated carbocycles. The van der Waals surface area contributed by atoms with Crippen molar-refractivity contribution in [3.8, 4) is 11.1 Å². The SMILES string of the molecule is C=CCOC(=O)CNC(=O)[C@H](C(C)C)N(C)C(=O)OCC1c2ccccc2-c2ccccc21. The van der Waals surface area contributed by atoms with Crippen molar-refractivity contribution in [3.63, 3.8) is 0 Å². The fourth-order valence-corrected chi connectivity index (χ4v) is 4.20. The highest BCUT2D eigenvalue weighted by Gasteiger charge is 2.33. The zero-order valence-corrected chi connectivity index (χ0v) is 19.2. The molecule has 1 N–H and O–H groups in total. The average Bonchev–Trinajstić information content (AvgIpc) is 3.13. The van der Waals surface area contributed by atoms with Crippen LogP contribution in [0.3, 0.4) is 0 Å². The number of esters is 1. The molecule has 0 heterocycles. The first kappa shape index (κ1) is 24.0. The van der Waals surface area contributed by atoms with Crippen LogP contribution in [0.4, 0.5) is 4.79 Å². The van der Waals surface area contributed by atoms with E-state index in [9.17, 15) is 14.4 Å². The highest BCUT2D eigenvalue weighted by Crippen LogP contribution is 2.44. The van der Waals surface area contributed by atoms with Crippen LogP contribution in [0.5, 0.6) is 0 Å². The number of nitrogens with zero attached hydrogens (tertiary/aromatic N) is 1. The molecule has 0 bridgehead atoms. The highest BCUT2D eigenvalue weighted by molar-refractivity contribution is 5.88. The van der Waals surface area contributed by atoms with E-state index in [1.807, 2.05) is 50.2 Å². The third kappa shape index (κ3) is 5.42. The summed E-state index contributed by atoms with van der Waals surface area (Å²) < 4.78 is 10.5. The van der Waals surface area contributed by atoms with Crippen LogP contribution in [-0.4, -0.2) is 55.7 Å². The normalized spacial score (nSPS) is 13.0. The van der Waals surface area contributed by atoms with Crippen LogP contribution < -0.4 is 5.32 Å². The van der Waals surface area contributed by atoms with Crippen molar-refractivity contribution in [1.82, 2.24) is 10.2 Å². The van der Waals surface area contributed by atoms with Gasteiger partial charge in [-0.3, -0.25) is 14.5 Å². The van der Waals surface area contributed by atoms with Gasteiger partial charge in [-0.05, 0) is 28.2 Å². The van der Waals surface area contributed by atoms with E-state index in [-0.39, 0.29) is 31.6 Å².